The lowest BCUT2D eigenvalue weighted by Crippen LogP contribution is -2.52. The summed E-state index contributed by atoms with van der Waals surface area (Å²) in [5, 5.41) is 21.2. The number of amides is 1. The zero-order chi connectivity index (χ0) is 20.4. The number of carbonyl (C=O) groups excluding carboxylic acids is 1. The molecule has 0 aliphatic heterocycles. The van der Waals surface area contributed by atoms with Gasteiger partial charge >= 0.3 is 5.97 Å². The normalized spacial score (nSPS) is 13.7. The van der Waals surface area contributed by atoms with Crippen LogP contribution >= 0.6 is 33.2 Å². The number of aliphatic hydroxyl groups is 1. The Morgan fingerprint density at radius 3 is 2.33 bits per heavy atom. The molecule has 0 saturated heterocycles. The SMILES string of the molecule is CC(O)C(NS(=O)(=O)c1ccc(Cl)cc1)C(=O)NCCSSCCC(=O)O. The summed E-state index contributed by atoms with van der Waals surface area (Å²) in [5.41, 5.74) is 0. The molecule has 0 fully saturated rings. The van der Waals surface area contributed by atoms with Gasteiger partial charge in [-0.3, -0.25) is 9.59 Å². The third-order valence-corrected chi connectivity index (χ3v) is 7.26. The minimum atomic E-state index is -4.01. The number of rotatable bonds is 12. The summed E-state index contributed by atoms with van der Waals surface area (Å²) in [5.74, 6) is -0.569. The predicted octanol–water partition coefficient (Wildman–Crippen LogP) is 1.34. The molecule has 0 aliphatic rings. The van der Waals surface area contributed by atoms with E-state index in [0.29, 0.717) is 16.5 Å². The number of benzene rings is 1. The van der Waals surface area contributed by atoms with E-state index >= 15 is 0 Å². The van der Waals surface area contributed by atoms with Crippen LogP contribution in [0.3, 0.4) is 0 Å². The molecule has 2 atom stereocenters. The molecule has 1 aromatic rings. The zero-order valence-corrected chi connectivity index (χ0v) is 17.6. The molecular weight excluding hydrogens is 436 g/mol. The molecule has 27 heavy (non-hydrogen) atoms. The van der Waals surface area contributed by atoms with Gasteiger partial charge < -0.3 is 15.5 Å². The Kier molecular flexibility index (Phi) is 10.5. The minimum absolute atomic E-state index is 0.0562. The van der Waals surface area contributed by atoms with Crippen molar-refractivity contribution in [3.05, 3.63) is 29.3 Å². The summed E-state index contributed by atoms with van der Waals surface area (Å²) < 4.78 is 26.9. The molecule has 2 unspecified atom stereocenters. The van der Waals surface area contributed by atoms with Crippen molar-refractivity contribution in [1.29, 1.82) is 0 Å². The molecule has 1 amide bonds. The van der Waals surface area contributed by atoms with Crippen LogP contribution in [0.4, 0.5) is 0 Å². The molecule has 0 aromatic heterocycles. The second-order valence-electron chi connectivity index (χ2n) is 5.37. The number of carboxylic acids is 1. The van der Waals surface area contributed by atoms with Crippen LogP contribution in [0.1, 0.15) is 13.3 Å². The maximum atomic E-state index is 12.4. The lowest BCUT2D eigenvalue weighted by atomic mass is 10.2. The number of aliphatic hydroxyl groups excluding tert-OH is 1. The first-order chi connectivity index (χ1) is 12.6. The number of carbonyl (C=O) groups is 2. The van der Waals surface area contributed by atoms with Gasteiger partial charge in [-0.2, -0.15) is 4.72 Å². The maximum absolute atomic E-state index is 12.4. The van der Waals surface area contributed by atoms with E-state index < -0.39 is 34.0 Å². The first-order valence-corrected chi connectivity index (χ1v) is 12.2. The largest absolute Gasteiger partial charge is 0.481 e. The van der Waals surface area contributed by atoms with E-state index in [4.69, 9.17) is 16.7 Å². The molecule has 152 valence electrons. The molecule has 1 rings (SSSR count). The number of hydrogen-bond acceptors (Lipinski definition) is 7. The highest BCUT2D eigenvalue weighted by Crippen LogP contribution is 2.21. The summed E-state index contributed by atoms with van der Waals surface area (Å²) in [6.07, 6.45) is -1.19. The van der Waals surface area contributed by atoms with Gasteiger partial charge in [0.2, 0.25) is 15.9 Å². The second kappa shape index (κ2) is 11.8. The number of aliphatic carboxylic acids is 1. The van der Waals surface area contributed by atoms with E-state index in [1.54, 1.807) is 0 Å². The van der Waals surface area contributed by atoms with E-state index in [2.05, 4.69) is 10.0 Å². The van der Waals surface area contributed by atoms with Crippen molar-refractivity contribution < 1.29 is 28.2 Å². The summed E-state index contributed by atoms with van der Waals surface area (Å²) in [4.78, 5) is 22.5. The van der Waals surface area contributed by atoms with E-state index in [0.717, 1.165) is 0 Å². The number of halogens is 1. The van der Waals surface area contributed by atoms with Gasteiger partial charge in [-0.05, 0) is 31.2 Å². The molecule has 0 saturated carbocycles. The quantitative estimate of drug-likeness (QED) is 0.273. The lowest BCUT2D eigenvalue weighted by Gasteiger charge is -2.20. The van der Waals surface area contributed by atoms with Gasteiger partial charge in [0.1, 0.15) is 6.04 Å². The van der Waals surface area contributed by atoms with Crippen LogP contribution in [0, 0.1) is 0 Å². The van der Waals surface area contributed by atoms with E-state index in [9.17, 15) is 23.1 Å². The topological polar surface area (TPSA) is 133 Å². The monoisotopic (exact) mass is 456 g/mol. The van der Waals surface area contributed by atoms with Crippen molar-refractivity contribution in [2.75, 3.05) is 18.1 Å². The Bertz CT molecular complexity index is 728. The van der Waals surface area contributed by atoms with E-state index in [1.165, 1.54) is 52.8 Å². The highest BCUT2D eigenvalue weighted by Gasteiger charge is 2.29. The van der Waals surface area contributed by atoms with Crippen molar-refractivity contribution in [2.24, 2.45) is 0 Å². The van der Waals surface area contributed by atoms with Gasteiger partial charge in [-0.1, -0.05) is 33.2 Å². The first-order valence-electron chi connectivity index (χ1n) is 7.83. The van der Waals surface area contributed by atoms with Crippen molar-refractivity contribution in [1.82, 2.24) is 10.0 Å². The average molecular weight is 457 g/mol. The summed E-state index contributed by atoms with van der Waals surface area (Å²) >= 11 is 5.73. The van der Waals surface area contributed by atoms with Gasteiger partial charge in [-0.15, -0.1) is 0 Å². The van der Waals surface area contributed by atoms with Gasteiger partial charge in [0.25, 0.3) is 0 Å². The average Bonchev–Trinajstić information content (AvgIpc) is 2.58. The van der Waals surface area contributed by atoms with Gasteiger partial charge in [-0.25, -0.2) is 8.42 Å². The standard InChI is InChI=1S/C15H21ClN2O6S3/c1-10(19)14(15(22)17-7-9-26-25-8-6-13(20)21)18-27(23,24)12-4-2-11(16)3-5-12/h2-5,10,14,18-19H,6-9H2,1H3,(H,17,22)(H,20,21). The molecule has 0 radical (unpaired) electrons. The molecule has 0 heterocycles. The third-order valence-electron chi connectivity index (χ3n) is 3.14. The first kappa shape index (κ1) is 24.1. The van der Waals surface area contributed by atoms with Crippen LogP contribution in [0.15, 0.2) is 29.2 Å². The summed E-state index contributed by atoms with van der Waals surface area (Å²) in [6.45, 7) is 1.56. The lowest BCUT2D eigenvalue weighted by molar-refractivity contribution is -0.136. The Morgan fingerprint density at radius 2 is 1.78 bits per heavy atom. The molecule has 1 aromatic carbocycles. The Hall–Kier alpha value is -0.980. The van der Waals surface area contributed by atoms with Gasteiger partial charge in [0.15, 0.2) is 0 Å². The molecule has 0 spiro atoms. The smallest absolute Gasteiger partial charge is 0.304 e. The van der Waals surface area contributed by atoms with E-state index in [1.807, 2.05) is 0 Å². The molecule has 12 heteroatoms. The van der Waals surface area contributed by atoms with Crippen LogP contribution in [-0.2, 0) is 19.6 Å². The van der Waals surface area contributed by atoms with E-state index in [-0.39, 0.29) is 17.9 Å². The fourth-order valence-electron chi connectivity index (χ4n) is 1.79. The second-order valence-corrected chi connectivity index (χ2v) is 10.2. The molecule has 0 aliphatic carbocycles. The van der Waals surface area contributed by atoms with Crippen LogP contribution in [0.2, 0.25) is 5.02 Å². The van der Waals surface area contributed by atoms with Crippen molar-refractivity contribution in [3.8, 4) is 0 Å². The minimum Gasteiger partial charge on any atom is -0.481 e. The number of hydrogen-bond donors (Lipinski definition) is 4. The molecule has 0 bridgehead atoms. The van der Waals surface area contributed by atoms with Crippen LogP contribution < -0.4 is 10.0 Å². The fourth-order valence-corrected chi connectivity index (χ4v) is 5.07. The zero-order valence-electron chi connectivity index (χ0n) is 14.4. The number of nitrogens with one attached hydrogen (secondary N) is 2. The number of carboxylic acid groups (broad SMARTS) is 1. The summed E-state index contributed by atoms with van der Waals surface area (Å²) in [7, 11) is -1.25. The fraction of sp³-hybridized carbons (Fsp3) is 0.467. The summed E-state index contributed by atoms with van der Waals surface area (Å²) in [6, 6.07) is 4.06. The van der Waals surface area contributed by atoms with Gasteiger partial charge in [0, 0.05) is 23.1 Å². The Morgan fingerprint density at radius 1 is 1.19 bits per heavy atom. The maximum Gasteiger partial charge on any atom is 0.304 e. The third kappa shape index (κ3) is 9.17. The Balaban J connectivity index is 2.53. The highest BCUT2D eigenvalue weighted by atomic mass is 35.5. The molecule has 4 N–H and O–H groups in total. The van der Waals surface area contributed by atoms with Crippen molar-refractivity contribution in [2.45, 2.75) is 30.4 Å². The molecular formula is C15H21ClN2O6S3. The van der Waals surface area contributed by atoms with Crippen LogP contribution in [0.25, 0.3) is 0 Å². The predicted molar refractivity (Wildman–Crippen MR) is 107 cm³/mol. The van der Waals surface area contributed by atoms with Crippen molar-refractivity contribution in [3.63, 3.8) is 0 Å². The Labute approximate surface area is 170 Å². The van der Waals surface area contributed by atoms with Gasteiger partial charge in [0.05, 0.1) is 17.4 Å². The van der Waals surface area contributed by atoms with Crippen LogP contribution in [-0.4, -0.2) is 60.7 Å². The number of sulfonamides is 1. The molecule has 8 nitrogen and oxygen atoms in total. The highest BCUT2D eigenvalue weighted by molar-refractivity contribution is 8.76. The van der Waals surface area contributed by atoms with Crippen molar-refractivity contribution >= 4 is 55.1 Å². The van der Waals surface area contributed by atoms with Crippen LogP contribution in [0.5, 0.6) is 0 Å².